The Labute approximate surface area is 101 Å². The summed E-state index contributed by atoms with van der Waals surface area (Å²) in [5.41, 5.74) is 0.593. The van der Waals surface area contributed by atoms with Gasteiger partial charge in [-0.25, -0.2) is 0 Å². The van der Waals surface area contributed by atoms with Crippen molar-refractivity contribution in [3.05, 3.63) is 18.0 Å². The summed E-state index contributed by atoms with van der Waals surface area (Å²) in [5.74, 6) is 0.461. The van der Waals surface area contributed by atoms with Crippen molar-refractivity contribution in [3.63, 3.8) is 0 Å². The zero-order valence-electron chi connectivity index (χ0n) is 10.1. The number of hydrogen-bond acceptors (Lipinski definition) is 3. The van der Waals surface area contributed by atoms with Gasteiger partial charge in [0, 0.05) is 25.4 Å². The molecule has 17 heavy (non-hydrogen) atoms. The fourth-order valence-electron chi connectivity index (χ4n) is 1.97. The minimum atomic E-state index is -0.0879. The molecule has 1 aliphatic rings. The predicted octanol–water partition coefficient (Wildman–Crippen LogP) is 0.794. The molecule has 1 aliphatic carbocycles. The molecule has 1 heterocycles. The van der Waals surface area contributed by atoms with Gasteiger partial charge in [-0.15, -0.1) is 0 Å². The fraction of sp³-hybridized carbons (Fsp3) is 0.667. The third-order valence-corrected chi connectivity index (χ3v) is 3.17. The van der Waals surface area contributed by atoms with Crippen molar-refractivity contribution in [3.8, 4) is 0 Å². The number of hydrogen-bond donors (Lipinski definition) is 2. The topological polar surface area (TPSA) is 67.2 Å². The number of nitrogens with one attached hydrogen (secondary N) is 1. The monoisotopic (exact) mass is 237 g/mol. The Bertz CT molecular complexity index is 385. The van der Waals surface area contributed by atoms with Crippen LogP contribution in [0.15, 0.2) is 12.4 Å². The first-order chi connectivity index (χ1) is 8.24. The number of carbonyl (C=O) groups is 1. The van der Waals surface area contributed by atoms with Gasteiger partial charge in [0.15, 0.2) is 0 Å². The summed E-state index contributed by atoms with van der Waals surface area (Å²) in [6.45, 7) is 2.86. The molecule has 1 atom stereocenters. The zero-order chi connectivity index (χ0) is 12.3. The minimum absolute atomic E-state index is 0.0879. The van der Waals surface area contributed by atoms with E-state index in [1.807, 2.05) is 6.92 Å². The van der Waals surface area contributed by atoms with E-state index < -0.39 is 0 Å². The van der Waals surface area contributed by atoms with E-state index >= 15 is 0 Å². The molecule has 2 rings (SSSR count). The van der Waals surface area contributed by atoms with Gasteiger partial charge in [-0.3, -0.25) is 9.48 Å². The van der Waals surface area contributed by atoms with Crippen molar-refractivity contribution in [2.24, 2.45) is 5.92 Å². The van der Waals surface area contributed by atoms with Crippen molar-refractivity contribution in [2.75, 3.05) is 6.61 Å². The lowest BCUT2D eigenvalue weighted by Crippen LogP contribution is -2.37. The number of aliphatic hydroxyl groups is 1. The van der Waals surface area contributed by atoms with Crippen molar-refractivity contribution in [2.45, 2.75) is 38.8 Å². The Balaban J connectivity index is 1.94. The number of rotatable bonds is 6. The Morgan fingerprint density at radius 3 is 3.00 bits per heavy atom. The molecule has 94 valence electrons. The molecule has 1 fully saturated rings. The van der Waals surface area contributed by atoms with E-state index in [0.29, 0.717) is 17.9 Å². The predicted molar refractivity (Wildman–Crippen MR) is 63.6 cm³/mol. The van der Waals surface area contributed by atoms with Crippen LogP contribution < -0.4 is 5.32 Å². The number of carbonyl (C=O) groups excluding carboxylic acids is 1. The average molecular weight is 237 g/mol. The Morgan fingerprint density at radius 1 is 1.71 bits per heavy atom. The molecule has 1 saturated carbocycles. The summed E-state index contributed by atoms with van der Waals surface area (Å²) in [4.78, 5) is 11.9. The summed E-state index contributed by atoms with van der Waals surface area (Å²) in [6, 6.07) is 0.109. The van der Waals surface area contributed by atoms with Crippen LogP contribution in [0, 0.1) is 5.92 Å². The van der Waals surface area contributed by atoms with Crippen molar-refractivity contribution in [1.29, 1.82) is 0 Å². The molecule has 1 amide bonds. The molecule has 1 aromatic heterocycles. The van der Waals surface area contributed by atoms with Crippen molar-refractivity contribution < 1.29 is 9.90 Å². The summed E-state index contributed by atoms with van der Waals surface area (Å²) in [7, 11) is 0. The van der Waals surface area contributed by atoms with E-state index in [1.165, 1.54) is 0 Å². The second kappa shape index (κ2) is 5.31. The van der Waals surface area contributed by atoms with Gasteiger partial charge in [0.2, 0.25) is 0 Å². The Morgan fingerprint density at radius 2 is 2.47 bits per heavy atom. The second-order valence-electron chi connectivity index (χ2n) is 4.51. The van der Waals surface area contributed by atoms with Gasteiger partial charge in [-0.05, 0) is 32.1 Å². The first-order valence-electron chi connectivity index (χ1n) is 6.18. The number of aromatic nitrogens is 2. The van der Waals surface area contributed by atoms with Crippen LogP contribution in [0.4, 0.5) is 0 Å². The van der Waals surface area contributed by atoms with E-state index in [0.717, 1.165) is 19.4 Å². The minimum Gasteiger partial charge on any atom is -0.396 e. The quantitative estimate of drug-likeness (QED) is 0.769. The maximum atomic E-state index is 11.9. The molecule has 0 saturated heterocycles. The summed E-state index contributed by atoms with van der Waals surface area (Å²) in [6.07, 6.45) is 6.27. The molecule has 2 N–H and O–H groups in total. The van der Waals surface area contributed by atoms with Gasteiger partial charge in [-0.2, -0.15) is 5.10 Å². The van der Waals surface area contributed by atoms with Crippen LogP contribution in [-0.2, 0) is 6.54 Å². The van der Waals surface area contributed by atoms with Crippen LogP contribution in [0.25, 0.3) is 0 Å². The molecule has 0 radical (unpaired) electrons. The normalized spacial score (nSPS) is 16.8. The molecule has 0 aliphatic heterocycles. The molecule has 0 spiro atoms. The summed E-state index contributed by atoms with van der Waals surface area (Å²) in [5, 5.41) is 16.0. The van der Waals surface area contributed by atoms with E-state index in [-0.39, 0.29) is 18.6 Å². The van der Waals surface area contributed by atoms with Gasteiger partial charge in [0.1, 0.15) is 0 Å². The lowest BCUT2D eigenvalue weighted by atomic mass is 10.1. The van der Waals surface area contributed by atoms with Gasteiger partial charge >= 0.3 is 0 Å². The maximum Gasteiger partial charge on any atom is 0.254 e. The average Bonchev–Trinajstić information content (AvgIpc) is 3.06. The number of aryl methyl sites for hydroxylation is 1. The highest BCUT2D eigenvalue weighted by atomic mass is 16.3. The summed E-state index contributed by atoms with van der Waals surface area (Å²) < 4.78 is 1.73. The molecule has 1 unspecified atom stereocenters. The number of amides is 1. The maximum absolute atomic E-state index is 11.9. The first kappa shape index (κ1) is 12.1. The third kappa shape index (κ3) is 3.06. The van der Waals surface area contributed by atoms with E-state index in [1.54, 1.807) is 17.1 Å². The van der Waals surface area contributed by atoms with Crippen molar-refractivity contribution >= 4 is 5.91 Å². The van der Waals surface area contributed by atoms with Crippen LogP contribution >= 0.6 is 0 Å². The van der Waals surface area contributed by atoms with Crippen LogP contribution in [0.3, 0.4) is 0 Å². The second-order valence-corrected chi connectivity index (χ2v) is 4.51. The standard InChI is InChI=1S/C12H19N3O2/c1-2-15-8-10(7-13-15)12(17)14-11(5-6-16)9-3-4-9/h7-9,11,16H,2-6H2,1H3,(H,14,17). The highest BCUT2D eigenvalue weighted by Crippen LogP contribution is 2.34. The zero-order valence-corrected chi connectivity index (χ0v) is 10.1. The smallest absolute Gasteiger partial charge is 0.254 e. The molecule has 5 nitrogen and oxygen atoms in total. The van der Waals surface area contributed by atoms with Gasteiger partial charge < -0.3 is 10.4 Å². The van der Waals surface area contributed by atoms with Crippen LogP contribution in [0.2, 0.25) is 0 Å². The molecular formula is C12H19N3O2. The number of nitrogens with zero attached hydrogens (tertiary/aromatic N) is 2. The van der Waals surface area contributed by atoms with Gasteiger partial charge in [0.25, 0.3) is 5.91 Å². The molecular weight excluding hydrogens is 218 g/mol. The lowest BCUT2D eigenvalue weighted by Gasteiger charge is -2.16. The highest BCUT2D eigenvalue weighted by molar-refractivity contribution is 5.93. The van der Waals surface area contributed by atoms with Crippen LogP contribution in [0.5, 0.6) is 0 Å². The molecule has 5 heteroatoms. The summed E-state index contributed by atoms with van der Waals surface area (Å²) >= 11 is 0. The highest BCUT2D eigenvalue weighted by Gasteiger charge is 2.32. The van der Waals surface area contributed by atoms with Crippen LogP contribution in [0.1, 0.15) is 36.5 Å². The lowest BCUT2D eigenvalue weighted by molar-refractivity contribution is 0.0924. The third-order valence-electron chi connectivity index (χ3n) is 3.17. The van der Waals surface area contributed by atoms with Crippen LogP contribution in [-0.4, -0.2) is 33.4 Å². The van der Waals surface area contributed by atoms with E-state index in [2.05, 4.69) is 10.4 Å². The van der Waals surface area contributed by atoms with E-state index in [9.17, 15) is 4.79 Å². The molecule has 0 bridgehead atoms. The Hall–Kier alpha value is -1.36. The van der Waals surface area contributed by atoms with Gasteiger partial charge in [-0.1, -0.05) is 0 Å². The number of aliphatic hydroxyl groups excluding tert-OH is 1. The van der Waals surface area contributed by atoms with Crippen molar-refractivity contribution in [1.82, 2.24) is 15.1 Å². The molecule has 0 aromatic carbocycles. The Kier molecular flexibility index (Phi) is 3.78. The van der Waals surface area contributed by atoms with E-state index in [4.69, 9.17) is 5.11 Å². The first-order valence-corrected chi connectivity index (χ1v) is 6.18. The fourth-order valence-corrected chi connectivity index (χ4v) is 1.97. The SMILES string of the molecule is CCn1cc(C(=O)NC(CCO)C2CC2)cn1. The largest absolute Gasteiger partial charge is 0.396 e. The molecule has 1 aromatic rings. The van der Waals surface area contributed by atoms with Gasteiger partial charge in [0.05, 0.1) is 11.8 Å².